The first-order chi connectivity index (χ1) is 15.7. The number of rotatable bonds is 8. The first-order valence-corrected chi connectivity index (χ1v) is 11.7. The number of ether oxygens (including phenoxy) is 1. The summed E-state index contributed by atoms with van der Waals surface area (Å²) in [5, 5.41) is 19.5. The highest BCUT2D eigenvalue weighted by Crippen LogP contribution is 2.20. The highest BCUT2D eigenvalue weighted by atomic mass is 35.5. The van der Waals surface area contributed by atoms with Crippen molar-refractivity contribution in [2.75, 3.05) is 52.4 Å². The number of β-amino-alcohol motifs (C(OH)–C–C–N with tert-alkyl or cyclic N) is 1. The lowest BCUT2D eigenvalue weighted by atomic mass is 10.0. The molecule has 1 N–H and O–H groups in total. The van der Waals surface area contributed by atoms with Gasteiger partial charge in [0.25, 0.3) is 0 Å². The SMILES string of the molecule is Cl.N#Cc1cccc(CN2CCC(N3CCN(CC(O)COc4ccccc4)CC3)CC2)c1. The zero-order chi connectivity index (χ0) is 22.2. The van der Waals surface area contributed by atoms with Gasteiger partial charge in [0.1, 0.15) is 18.5 Å². The van der Waals surface area contributed by atoms with E-state index in [0.29, 0.717) is 19.2 Å². The van der Waals surface area contributed by atoms with Crippen LogP contribution in [0.3, 0.4) is 0 Å². The molecule has 0 aromatic heterocycles. The van der Waals surface area contributed by atoms with Crippen molar-refractivity contribution in [2.45, 2.75) is 31.5 Å². The van der Waals surface area contributed by atoms with Gasteiger partial charge in [0.2, 0.25) is 0 Å². The molecule has 2 aliphatic heterocycles. The Morgan fingerprint density at radius 2 is 1.67 bits per heavy atom. The van der Waals surface area contributed by atoms with Gasteiger partial charge in [-0.15, -0.1) is 12.4 Å². The third-order valence-corrected chi connectivity index (χ3v) is 6.60. The number of piperidine rings is 1. The summed E-state index contributed by atoms with van der Waals surface area (Å²) in [4.78, 5) is 7.50. The number of benzene rings is 2. The number of halogens is 1. The quantitative estimate of drug-likeness (QED) is 0.640. The Morgan fingerprint density at radius 1 is 0.939 bits per heavy atom. The largest absolute Gasteiger partial charge is 0.491 e. The maximum Gasteiger partial charge on any atom is 0.119 e. The summed E-state index contributed by atoms with van der Waals surface area (Å²) < 4.78 is 5.68. The molecule has 0 aliphatic carbocycles. The fourth-order valence-corrected chi connectivity index (χ4v) is 4.81. The van der Waals surface area contributed by atoms with E-state index in [1.165, 1.54) is 18.4 Å². The van der Waals surface area contributed by atoms with Crippen molar-refractivity contribution in [3.63, 3.8) is 0 Å². The van der Waals surface area contributed by atoms with Crippen molar-refractivity contribution in [3.8, 4) is 11.8 Å². The zero-order valence-corrected chi connectivity index (χ0v) is 20.0. The minimum absolute atomic E-state index is 0. The summed E-state index contributed by atoms with van der Waals surface area (Å²) in [6, 6.07) is 20.5. The van der Waals surface area contributed by atoms with Crippen LogP contribution in [0, 0.1) is 11.3 Å². The molecule has 2 heterocycles. The molecular formula is C26H35ClN4O2. The van der Waals surface area contributed by atoms with Crippen molar-refractivity contribution in [1.82, 2.24) is 14.7 Å². The summed E-state index contributed by atoms with van der Waals surface area (Å²) >= 11 is 0. The fraction of sp³-hybridized carbons (Fsp3) is 0.500. The number of hydrogen-bond donors (Lipinski definition) is 1. The number of aliphatic hydroxyl groups excluding tert-OH is 1. The predicted molar refractivity (Wildman–Crippen MR) is 133 cm³/mol. The molecule has 7 heteroatoms. The fourth-order valence-electron chi connectivity index (χ4n) is 4.81. The normalized spacial score (nSPS) is 19.4. The molecule has 2 fully saturated rings. The highest BCUT2D eigenvalue weighted by molar-refractivity contribution is 5.85. The van der Waals surface area contributed by atoms with Crippen molar-refractivity contribution in [1.29, 1.82) is 5.26 Å². The molecule has 0 radical (unpaired) electrons. The summed E-state index contributed by atoms with van der Waals surface area (Å²) in [5.41, 5.74) is 1.97. The summed E-state index contributed by atoms with van der Waals surface area (Å²) in [7, 11) is 0. The second kappa shape index (κ2) is 12.9. The Balaban J connectivity index is 0.00000306. The van der Waals surface area contributed by atoms with E-state index >= 15 is 0 Å². The van der Waals surface area contributed by atoms with Gasteiger partial charge in [0.15, 0.2) is 0 Å². The summed E-state index contributed by atoms with van der Waals surface area (Å²) in [6.45, 7) is 8.30. The first-order valence-electron chi connectivity index (χ1n) is 11.7. The van der Waals surface area contributed by atoms with Crippen LogP contribution in [0.5, 0.6) is 5.75 Å². The third kappa shape index (κ3) is 7.70. The lowest BCUT2D eigenvalue weighted by Gasteiger charge is -2.43. The lowest BCUT2D eigenvalue weighted by Crippen LogP contribution is -2.54. The van der Waals surface area contributed by atoms with Crippen LogP contribution in [0.25, 0.3) is 0 Å². The predicted octanol–water partition coefficient (Wildman–Crippen LogP) is 3.00. The summed E-state index contributed by atoms with van der Waals surface area (Å²) in [6.07, 6.45) is 1.93. The Bertz CT molecular complexity index is 875. The number of aliphatic hydroxyl groups is 1. The minimum atomic E-state index is -0.468. The molecule has 2 aromatic carbocycles. The lowest BCUT2D eigenvalue weighted by molar-refractivity contribution is 0.0242. The maximum absolute atomic E-state index is 10.4. The van der Waals surface area contributed by atoms with Crippen LogP contribution in [0.15, 0.2) is 54.6 Å². The average molecular weight is 471 g/mol. The minimum Gasteiger partial charge on any atom is -0.491 e. The van der Waals surface area contributed by atoms with Crippen molar-refractivity contribution in [3.05, 3.63) is 65.7 Å². The molecule has 1 atom stereocenters. The Hall–Kier alpha value is -2.14. The van der Waals surface area contributed by atoms with Crippen LogP contribution in [0.2, 0.25) is 0 Å². The number of likely N-dealkylation sites (tertiary alicyclic amines) is 1. The number of nitriles is 1. The van der Waals surface area contributed by atoms with Gasteiger partial charge in [-0.05, 0) is 55.8 Å². The van der Waals surface area contributed by atoms with E-state index in [2.05, 4.69) is 26.8 Å². The highest BCUT2D eigenvalue weighted by Gasteiger charge is 2.28. The van der Waals surface area contributed by atoms with Crippen molar-refractivity contribution in [2.24, 2.45) is 0 Å². The maximum atomic E-state index is 10.4. The van der Waals surface area contributed by atoms with Gasteiger partial charge in [-0.3, -0.25) is 14.7 Å². The molecule has 2 aromatic rings. The molecule has 0 saturated carbocycles. The molecular weight excluding hydrogens is 436 g/mol. The van der Waals surface area contributed by atoms with Crippen LogP contribution in [-0.2, 0) is 6.54 Å². The third-order valence-electron chi connectivity index (χ3n) is 6.60. The van der Waals surface area contributed by atoms with Crippen molar-refractivity contribution >= 4 is 12.4 Å². The smallest absolute Gasteiger partial charge is 0.119 e. The number of para-hydroxylation sites is 1. The number of piperazine rings is 1. The molecule has 1 unspecified atom stereocenters. The van der Waals surface area contributed by atoms with E-state index in [1.54, 1.807) is 0 Å². The molecule has 178 valence electrons. The van der Waals surface area contributed by atoms with E-state index in [1.807, 2.05) is 48.5 Å². The molecule has 4 rings (SSSR count). The molecule has 2 aliphatic rings. The Morgan fingerprint density at radius 3 is 2.36 bits per heavy atom. The second-order valence-electron chi connectivity index (χ2n) is 8.93. The van der Waals surface area contributed by atoms with Gasteiger partial charge in [-0.2, -0.15) is 5.26 Å². The topological polar surface area (TPSA) is 63.0 Å². The van der Waals surface area contributed by atoms with Gasteiger partial charge in [0.05, 0.1) is 11.6 Å². The van der Waals surface area contributed by atoms with Gasteiger partial charge in [0, 0.05) is 45.3 Å². The van der Waals surface area contributed by atoms with E-state index < -0.39 is 6.10 Å². The van der Waals surface area contributed by atoms with Crippen molar-refractivity contribution < 1.29 is 9.84 Å². The Kier molecular flexibility index (Phi) is 9.98. The zero-order valence-electron chi connectivity index (χ0n) is 19.2. The van der Waals surface area contributed by atoms with Crippen LogP contribution >= 0.6 is 12.4 Å². The van der Waals surface area contributed by atoms with E-state index in [0.717, 1.165) is 57.1 Å². The van der Waals surface area contributed by atoms with Gasteiger partial charge in [-0.1, -0.05) is 30.3 Å². The molecule has 0 amide bonds. The molecule has 2 saturated heterocycles. The monoisotopic (exact) mass is 470 g/mol. The number of hydrogen-bond acceptors (Lipinski definition) is 6. The van der Waals surface area contributed by atoms with E-state index in [9.17, 15) is 5.11 Å². The second-order valence-corrected chi connectivity index (χ2v) is 8.93. The standard InChI is InChI=1S/C26H34N4O2.ClH/c27-18-22-5-4-6-23(17-22)19-28-11-9-24(10-12-28)30-15-13-29(14-16-30)20-25(31)21-32-26-7-2-1-3-8-26;/h1-8,17,24-25,31H,9-16,19-21H2;1H. The van der Waals surface area contributed by atoms with Gasteiger partial charge < -0.3 is 9.84 Å². The van der Waals surface area contributed by atoms with E-state index in [4.69, 9.17) is 10.00 Å². The van der Waals surface area contributed by atoms with Gasteiger partial charge >= 0.3 is 0 Å². The van der Waals surface area contributed by atoms with Crippen LogP contribution in [0.1, 0.15) is 24.0 Å². The first kappa shape index (κ1) is 25.5. The van der Waals surface area contributed by atoms with Crippen LogP contribution in [-0.4, -0.2) is 84.4 Å². The summed E-state index contributed by atoms with van der Waals surface area (Å²) in [5.74, 6) is 0.806. The van der Waals surface area contributed by atoms with Crippen LogP contribution < -0.4 is 4.74 Å². The Labute approximate surface area is 203 Å². The molecule has 33 heavy (non-hydrogen) atoms. The molecule has 0 bridgehead atoms. The van der Waals surface area contributed by atoms with Crippen LogP contribution in [0.4, 0.5) is 0 Å². The molecule has 6 nitrogen and oxygen atoms in total. The molecule has 0 spiro atoms. The van der Waals surface area contributed by atoms with Gasteiger partial charge in [-0.25, -0.2) is 0 Å². The average Bonchev–Trinajstić information content (AvgIpc) is 2.84. The van der Waals surface area contributed by atoms with E-state index in [-0.39, 0.29) is 12.4 Å². The number of nitrogens with zero attached hydrogens (tertiary/aromatic N) is 4.